The summed E-state index contributed by atoms with van der Waals surface area (Å²) in [4.78, 5) is 96.0. The minimum atomic E-state index is -2.33. The van der Waals surface area contributed by atoms with Crippen molar-refractivity contribution in [1.82, 2.24) is 5.32 Å². The predicted octanol–water partition coefficient (Wildman–Crippen LogP) is 7.23. The highest BCUT2D eigenvalue weighted by Gasteiger charge is 2.77. The molecule has 3 fully saturated rings. The molecule has 2 amide bonds. The van der Waals surface area contributed by atoms with E-state index in [1.54, 1.807) is 119 Å². The average Bonchev–Trinajstić information content (AvgIpc) is 0.748. The lowest BCUT2D eigenvalue weighted by Gasteiger charge is -2.67. The van der Waals surface area contributed by atoms with E-state index in [0.717, 1.165) is 0 Å². The molecule has 20 nitrogen and oxygen atoms in total. The van der Waals surface area contributed by atoms with Crippen molar-refractivity contribution in [2.75, 3.05) is 30.7 Å². The van der Waals surface area contributed by atoms with Gasteiger partial charge in [-0.3, -0.25) is 29.7 Å². The van der Waals surface area contributed by atoms with Crippen LogP contribution in [0.2, 0.25) is 0 Å². The third-order valence-corrected chi connectivity index (χ3v) is 16.9. The van der Waals surface area contributed by atoms with Gasteiger partial charge in [0.1, 0.15) is 47.2 Å². The number of nitrogens with zero attached hydrogens (tertiary/aromatic N) is 2. The Hall–Kier alpha value is -8.72. The number of aliphatic hydroxyl groups excluding tert-OH is 1. The van der Waals surface area contributed by atoms with E-state index in [4.69, 9.17) is 29.4 Å². The van der Waals surface area contributed by atoms with Crippen molar-refractivity contribution in [3.8, 4) is 11.5 Å². The molecule has 8 N–H and O–H groups in total. The fraction of sp³-hybridized carbons (Fsp3) is 0.365. The molecule has 5 aromatic carbocycles. The lowest BCUT2D eigenvalue weighted by molar-refractivity contribution is -0.345. The molecule has 0 spiro atoms. The number of amides is 2. The number of nitrogens with one attached hydrogen (secondary N) is 2. The number of esters is 3. The summed E-state index contributed by atoms with van der Waals surface area (Å²) in [5.41, 5.74) is 0.816. The molecule has 2 saturated carbocycles. The Balaban J connectivity index is 1.08. The standard InChI is InChI=1S/C63H67N5O15/c1-35-47(31-63(78)55(82-57(75)40-20-14-9-15-21-40)53-61(6,54(73)36(2)50(35)60(63,4)5)48(72)30-49-62(53,34-79-49)83-37(3)69)80-58(76)52(51(38-16-10-7-11-17-38)68-56(74)39-18-12-8-13-19-39)81-59(77)67-44-23-25-46(71)42(29-44)33-66-27-26-65-32-41-28-43(64)22-24-45(41)70/h7-25,28-29,32-33,36,47-49,51-53,55,70-72,78H,26-27,30-31,34,64H2,1-6H3,(H,67,77)(H,68,74)/b65-32+,66-33+/t36?,47-,48-,49+,51-,52+,53?,55-,61+,62-,63+/m0/s1. The van der Waals surface area contributed by atoms with Crippen molar-refractivity contribution in [3.63, 3.8) is 0 Å². The van der Waals surface area contributed by atoms with E-state index in [1.807, 2.05) is 0 Å². The molecule has 11 atom stereocenters. The quantitative estimate of drug-likeness (QED) is 0.00975. The van der Waals surface area contributed by atoms with Crippen molar-refractivity contribution in [2.24, 2.45) is 32.7 Å². The molecule has 0 radical (unpaired) electrons. The summed E-state index contributed by atoms with van der Waals surface area (Å²) in [6, 6.07) is 31.5. The summed E-state index contributed by atoms with van der Waals surface area (Å²) in [5.74, 6) is -6.82. The van der Waals surface area contributed by atoms with Gasteiger partial charge in [-0.25, -0.2) is 14.4 Å². The van der Waals surface area contributed by atoms with Crippen LogP contribution < -0.4 is 16.4 Å². The second kappa shape index (κ2) is 23.6. The van der Waals surface area contributed by atoms with E-state index in [1.165, 1.54) is 62.7 Å². The largest absolute Gasteiger partial charge is 0.507 e. The van der Waals surface area contributed by atoms with Crippen LogP contribution in [-0.2, 0) is 38.1 Å². The van der Waals surface area contributed by atoms with Crippen molar-refractivity contribution in [1.29, 1.82) is 0 Å². The van der Waals surface area contributed by atoms with E-state index in [2.05, 4.69) is 20.6 Å². The topological polar surface area (TPSA) is 304 Å². The Morgan fingerprint density at radius 2 is 1.41 bits per heavy atom. The molecule has 2 bridgehead atoms. The van der Waals surface area contributed by atoms with Gasteiger partial charge < -0.3 is 55.2 Å². The Morgan fingerprint density at radius 3 is 2.01 bits per heavy atom. The molecule has 20 heteroatoms. The number of anilines is 2. The van der Waals surface area contributed by atoms with Crippen molar-refractivity contribution < 1.29 is 72.9 Å². The van der Waals surface area contributed by atoms with Crippen molar-refractivity contribution in [3.05, 3.63) is 166 Å². The van der Waals surface area contributed by atoms with Gasteiger partial charge in [0, 0.05) is 71.6 Å². The van der Waals surface area contributed by atoms with Gasteiger partial charge in [-0.15, -0.1) is 0 Å². The number of benzene rings is 5. The Labute approximate surface area is 479 Å². The molecule has 0 aromatic heterocycles. The molecule has 5 aromatic rings. The zero-order valence-corrected chi connectivity index (χ0v) is 46.7. The van der Waals surface area contributed by atoms with E-state index in [-0.39, 0.29) is 60.0 Å². The summed E-state index contributed by atoms with van der Waals surface area (Å²) in [5, 5.41) is 52.6. The van der Waals surface area contributed by atoms with E-state index < -0.39 is 113 Å². The number of hydrogen-bond donors (Lipinski definition) is 7. The Bertz CT molecular complexity index is 3390. The number of carbonyl (C=O) groups is 6. The molecule has 1 aliphatic heterocycles. The zero-order valence-electron chi connectivity index (χ0n) is 46.7. The highest BCUT2D eigenvalue weighted by atomic mass is 16.6. The summed E-state index contributed by atoms with van der Waals surface area (Å²) < 4.78 is 31.2. The molecular weight excluding hydrogens is 1070 g/mol. The highest BCUT2D eigenvalue weighted by molar-refractivity contribution is 5.96. The smallest absolute Gasteiger partial charge is 0.412 e. The highest BCUT2D eigenvalue weighted by Crippen LogP contribution is 2.65. The summed E-state index contributed by atoms with van der Waals surface area (Å²) in [7, 11) is 0. The first-order valence-corrected chi connectivity index (χ1v) is 27.2. The number of phenolic OH excluding ortho intramolecular Hbond substituents is 2. The van der Waals surface area contributed by atoms with Gasteiger partial charge in [0.2, 0.25) is 6.10 Å². The van der Waals surface area contributed by atoms with E-state index in [0.29, 0.717) is 28.0 Å². The van der Waals surface area contributed by atoms with Crippen LogP contribution in [0.5, 0.6) is 11.5 Å². The van der Waals surface area contributed by atoms with Gasteiger partial charge in [0.05, 0.1) is 42.7 Å². The van der Waals surface area contributed by atoms with Crippen LogP contribution in [0.1, 0.15) is 97.8 Å². The summed E-state index contributed by atoms with van der Waals surface area (Å²) >= 11 is 0. The van der Waals surface area contributed by atoms with Crippen LogP contribution in [0.4, 0.5) is 16.2 Å². The zero-order chi connectivity index (χ0) is 59.6. The maximum absolute atomic E-state index is 15.6. The molecule has 1 heterocycles. The monoisotopic (exact) mass is 1130 g/mol. The van der Waals surface area contributed by atoms with Crippen LogP contribution in [0, 0.1) is 22.7 Å². The third-order valence-electron chi connectivity index (χ3n) is 16.9. The maximum Gasteiger partial charge on any atom is 0.412 e. The minimum absolute atomic E-state index is 0.00485. The third kappa shape index (κ3) is 11.3. The minimum Gasteiger partial charge on any atom is -0.507 e. The summed E-state index contributed by atoms with van der Waals surface area (Å²) in [6.45, 7) is 9.44. The van der Waals surface area contributed by atoms with Crippen LogP contribution in [0.25, 0.3) is 0 Å². The number of aromatic hydroxyl groups is 2. The van der Waals surface area contributed by atoms with Crippen molar-refractivity contribution in [2.45, 2.75) is 102 Å². The van der Waals surface area contributed by atoms with Gasteiger partial charge in [0.15, 0.2) is 5.60 Å². The van der Waals surface area contributed by atoms with E-state index >= 15 is 9.59 Å². The van der Waals surface area contributed by atoms with Crippen LogP contribution in [-0.4, -0.2) is 130 Å². The average molecular weight is 1130 g/mol. The number of nitrogens with two attached hydrogens (primary N) is 1. The molecule has 434 valence electrons. The summed E-state index contributed by atoms with van der Waals surface area (Å²) in [6.07, 6.45) is -6.73. The second-order valence-corrected chi connectivity index (χ2v) is 22.3. The SMILES string of the molecule is CC(=O)O[C@@]12CO[C@@H]1C[C@H](O)[C@@]1(C)C(=O)C(C)C3=C(C)[C@@H](OC(=O)[C@H](OC(=O)Nc4ccc(O)c(/C=N/CC/N=C/c5cc(N)ccc5O)c4)[C@@H](NC(=O)c4ccccc4)c4ccccc4)C[C@@](O)([C@@H](OC(=O)c4ccccc4)C12)C3(C)C. The normalized spacial score (nSPS) is 26.9. The predicted molar refractivity (Wildman–Crippen MR) is 305 cm³/mol. The van der Waals surface area contributed by atoms with E-state index in [9.17, 15) is 39.6 Å². The number of fused-ring (bicyclic) bond motifs is 5. The lowest BCUT2D eigenvalue weighted by Crippen LogP contribution is -2.81. The lowest BCUT2D eigenvalue weighted by atomic mass is 9.43. The molecule has 83 heavy (non-hydrogen) atoms. The fourth-order valence-electron chi connectivity index (χ4n) is 12.7. The van der Waals surface area contributed by atoms with Crippen LogP contribution in [0.15, 0.2) is 149 Å². The molecule has 2 unspecified atom stereocenters. The number of aliphatic imine (C=N–C) groups is 2. The van der Waals surface area contributed by atoms with Gasteiger partial charge in [-0.2, -0.15) is 0 Å². The molecular formula is C63H67N5O15. The number of phenols is 2. The number of ether oxygens (including phenoxy) is 5. The van der Waals surface area contributed by atoms with Gasteiger partial charge in [0.25, 0.3) is 5.91 Å². The van der Waals surface area contributed by atoms with Crippen LogP contribution >= 0.6 is 0 Å². The number of ketones is 1. The number of carbonyl (C=O) groups excluding carboxylic acids is 6. The second-order valence-electron chi connectivity index (χ2n) is 22.3. The molecule has 4 aliphatic rings. The first kappa shape index (κ1) is 58.9. The number of Topliss-reactive ketones (excluding diaryl/α,β-unsaturated/α-hetero) is 1. The Morgan fingerprint density at radius 1 is 0.819 bits per heavy atom. The number of hydrogen-bond acceptors (Lipinski definition) is 18. The van der Waals surface area contributed by atoms with Gasteiger partial charge in [-0.1, -0.05) is 87.5 Å². The maximum atomic E-state index is 15.6. The van der Waals surface area contributed by atoms with Crippen LogP contribution in [0.3, 0.4) is 0 Å². The molecule has 9 rings (SSSR count). The Kier molecular flexibility index (Phi) is 16.8. The van der Waals surface area contributed by atoms with Gasteiger partial charge in [-0.05, 0) is 91.2 Å². The van der Waals surface area contributed by atoms with Crippen molar-refractivity contribution >= 4 is 59.5 Å². The number of nitrogen functional groups attached to an aromatic ring is 1. The van der Waals surface area contributed by atoms with Gasteiger partial charge >= 0.3 is 24.0 Å². The number of rotatable bonds is 16. The molecule has 1 saturated heterocycles. The first-order chi connectivity index (χ1) is 39.5. The first-order valence-electron chi connectivity index (χ1n) is 27.2. The fourth-order valence-corrected chi connectivity index (χ4v) is 12.7. The number of aliphatic hydroxyl groups is 2. The molecule has 3 aliphatic carbocycles.